The SMILES string of the molecule is CCCCC(=O)Nc1ccccc1B(O)O. The van der Waals surface area contributed by atoms with Gasteiger partial charge < -0.3 is 15.4 Å². The van der Waals surface area contributed by atoms with Gasteiger partial charge in [0.1, 0.15) is 0 Å². The first kappa shape index (κ1) is 12.7. The molecule has 1 aromatic rings. The van der Waals surface area contributed by atoms with Gasteiger partial charge in [0.2, 0.25) is 5.91 Å². The number of hydrogen-bond acceptors (Lipinski definition) is 3. The summed E-state index contributed by atoms with van der Waals surface area (Å²) in [6, 6.07) is 6.65. The summed E-state index contributed by atoms with van der Waals surface area (Å²) in [7, 11) is -1.57. The second-order valence-electron chi connectivity index (χ2n) is 3.61. The molecule has 1 rings (SSSR count). The standard InChI is InChI=1S/C11H16BNO3/c1-2-3-8-11(14)13-10-7-5-4-6-9(10)12(15)16/h4-7,15-16H,2-3,8H2,1H3,(H,13,14). The van der Waals surface area contributed by atoms with E-state index in [-0.39, 0.29) is 5.91 Å². The molecule has 0 radical (unpaired) electrons. The van der Waals surface area contributed by atoms with Gasteiger partial charge in [0.05, 0.1) is 0 Å². The van der Waals surface area contributed by atoms with E-state index >= 15 is 0 Å². The Labute approximate surface area is 95.4 Å². The number of benzene rings is 1. The Morgan fingerprint density at radius 1 is 1.38 bits per heavy atom. The van der Waals surface area contributed by atoms with E-state index in [9.17, 15) is 4.79 Å². The van der Waals surface area contributed by atoms with Crippen LogP contribution in [-0.2, 0) is 4.79 Å². The number of amides is 1. The Hall–Kier alpha value is -1.33. The van der Waals surface area contributed by atoms with E-state index in [0.29, 0.717) is 17.6 Å². The maximum atomic E-state index is 11.5. The summed E-state index contributed by atoms with van der Waals surface area (Å²) >= 11 is 0. The van der Waals surface area contributed by atoms with Crippen LogP contribution in [0.25, 0.3) is 0 Å². The van der Waals surface area contributed by atoms with Crippen molar-refractivity contribution in [2.45, 2.75) is 26.2 Å². The van der Waals surface area contributed by atoms with Crippen molar-refractivity contribution in [2.75, 3.05) is 5.32 Å². The molecule has 0 spiro atoms. The van der Waals surface area contributed by atoms with E-state index in [1.54, 1.807) is 24.3 Å². The number of para-hydroxylation sites is 1. The lowest BCUT2D eigenvalue weighted by Gasteiger charge is -2.09. The molecule has 0 saturated heterocycles. The van der Waals surface area contributed by atoms with Gasteiger partial charge in [0.25, 0.3) is 0 Å². The summed E-state index contributed by atoms with van der Waals surface area (Å²) in [5, 5.41) is 20.9. The molecule has 1 aromatic carbocycles. The predicted molar refractivity (Wildman–Crippen MR) is 64.4 cm³/mol. The third-order valence-electron chi connectivity index (χ3n) is 2.27. The molecule has 0 fully saturated rings. The molecule has 0 aliphatic rings. The minimum Gasteiger partial charge on any atom is -0.423 e. The maximum Gasteiger partial charge on any atom is 0.490 e. The van der Waals surface area contributed by atoms with Gasteiger partial charge in [0.15, 0.2) is 0 Å². The summed E-state index contributed by atoms with van der Waals surface area (Å²) in [6.45, 7) is 2.01. The summed E-state index contributed by atoms with van der Waals surface area (Å²) in [5.74, 6) is -0.102. The van der Waals surface area contributed by atoms with Crippen LogP contribution in [0.4, 0.5) is 5.69 Å². The van der Waals surface area contributed by atoms with Crippen LogP contribution in [0.15, 0.2) is 24.3 Å². The average Bonchev–Trinajstić information content (AvgIpc) is 2.27. The molecule has 4 nitrogen and oxygen atoms in total. The quantitative estimate of drug-likeness (QED) is 0.634. The molecule has 0 atom stereocenters. The van der Waals surface area contributed by atoms with Crippen molar-refractivity contribution in [3.63, 3.8) is 0 Å². The monoisotopic (exact) mass is 221 g/mol. The van der Waals surface area contributed by atoms with Crippen LogP contribution in [0.2, 0.25) is 0 Å². The van der Waals surface area contributed by atoms with Crippen molar-refractivity contribution in [3.8, 4) is 0 Å². The number of hydrogen-bond donors (Lipinski definition) is 3. The van der Waals surface area contributed by atoms with Gasteiger partial charge in [-0.2, -0.15) is 0 Å². The largest absolute Gasteiger partial charge is 0.490 e. The number of anilines is 1. The second kappa shape index (κ2) is 6.30. The Morgan fingerprint density at radius 3 is 2.69 bits per heavy atom. The summed E-state index contributed by atoms with van der Waals surface area (Å²) in [4.78, 5) is 11.5. The van der Waals surface area contributed by atoms with Crippen LogP contribution in [-0.4, -0.2) is 23.1 Å². The van der Waals surface area contributed by atoms with E-state index in [1.807, 2.05) is 6.92 Å². The van der Waals surface area contributed by atoms with Crippen molar-refractivity contribution in [3.05, 3.63) is 24.3 Å². The minimum atomic E-state index is -1.57. The van der Waals surface area contributed by atoms with Crippen LogP contribution < -0.4 is 10.8 Å². The van der Waals surface area contributed by atoms with Gasteiger partial charge in [0, 0.05) is 17.6 Å². The van der Waals surface area contributed by atoms with E-state index in [1.165, 1.54) is 0 Å². The van der Waals surface area contributed by atoms with Gasteiger partial charge in [-0.05, 0) is 12.5 Å². The summed E-state index contributed by atoms with van der Waals surface area (Å²) in [6.07, 6.45) is 2.24. The Bertz CT molecular complexity index is 355. The fourth-order valence-corrected chi connectivity index (χ4v) is 1.39. The van der Waals surface area contributed by atoms with Crippen LogP contribution >= 0.6 is 0 Å². The first-order chi connectivity index (χ1) is 7.65. The van der Waals surface area contributed by atoms with Crippen LogP contribution in [0.5, 0.6) is 0 Å². The van der Waals surface area contributed by atoms with Crippen LogP contribution in [0, 0.1) is 0 Å². The molecular formula is C11H16BNO3. The van der Waals surface area contributed by atoms with Crippen LogP contribution in [0.1, 0.15) is 26.2 Å². The van der Waals surface area contributed by atoms with Crippen molar-refractivity contribution >= 4 is 24.2 Å². The fraction of sp³-hybridized carbons (Fsp3) is 0.364. The Morgan fingerprint density at radius 2 is 2.06 bits per heavy atom. The minimum absolute atomic E-state index is 0.102. The molecule has 16 heavy (non-hydrogen) atoms. The highest BCUT2D eigenvalue weighted by Gasteiger charge is 2.16. The first-order valence-electron chi connectivity index (χ1n) is 5.40. The molecular weight excluding hydrogens is 205 g/mol. The smallest absolute Gasteiger partial charge is 0.423 e. The molecule has 0 aliphatic carbocycles. The van der Waals surface area contributed by atoms with Crippen molar-refractivity contribution in [1.82, 2.24) is 0 Å². The topological polar surface area (TPSA) is 69.6 Å². The zero-order valence-electron chi connectivity index (χ0n) is 9.31. The molecule has 0 saturated carbocycles. The highest BCUT2D eigenvalue weighted by molar-refractivity contribution is 6.60. The van der Waals surface area contributed by atoms with Crippen molar-refractivity contribution in [2.24, 2.45) is 0 Å². The zero-order chi connectivity index (χ0) is 12.0. The van der Waals surface area contributed by atoms with E-state index < -0.39 is 7.12 Å². The predicted octanol–water partition coefficient (Wildman–Crippen LogP) is 0.495. The molecule has 0 aliphatic heterocycles. The van der Waals surface area contributed by atoms with Gasteiger partial charge in [-0.25, -0.2) is 0 Å². The van der Waals surface area contributed by atoms with E-state index in [2.05, 4.69) is 5.32 Å². The normalized spacial score (nSPS) is 9.94. The van der Waals surface area contributed by atoms with E-state index in [4.69, 9.17) is 10.0 Å². The number of carbonyl (C=O) groups excluding carboxylic acids is 1. The lowest BCUT2D eigenvalue weighted by molar-refractivity contribution is -0.116. The molecule has 0 heterocycles. The lowest BCUT2D eigenvalue weighted by atomic mass is 9.79. The molecule has 1 amide bonds. The molecule has 0 aromatic heterocycles. The Kier molecular flexibility index (Phi) is 5.02. The molecule has 5 heteroatoms. The number of nitrogens with one attached hydrogen (secondary N) is 1. The zero-order valence-corrected chi connectivity index (χ0v) is 9.31. The van der Waals surface area contributed by atoms with Gasteiger partial charge >= 0.3 is 7.12 Å². The third kappa shape index (κ3) is 3.68. The number of carbonyl (C=O) groups is 1. The highest BCUT2D eigenvalue weighted by atomic mass is 16.4. The Balaban J connectivity index is 2.69. The van der Waals surface area contributed by atoms with Gasteiger partial charge in [-0.15, -0.1) is 0 Å². The number of unbranched alkanes of at least 4 members (excludes halogenated alkanes) is 1. The summed E-state index contributed by atoms with van der Waals surface area (Å²) in [5.41, 5.74) is 0.769. The average molecular weight is 221 g/mol. The van der Waals surface area contributed by atoms with Gasteiger partial charge in [-0.1, -0.05) is 31.5 Å². The molecule has 86 valence electrons. The van der Waals surface area contributed by atoms with E-state index in [0.717, 1.165) is 12.8 Å². The number of rotatable bonds is 5. The van der Waals surface area contributed by atoms with Gasteiger partial charge in [-0.3, -0.25) is 4.79 Å². The summed E-state index contributed by atoms with van der Waals surface area (Å²) < 4.78 is 0. The molecule has 3 N–H and O–H groups in total. The van der Waals surface area contributed by atoms with Crippen LogP contribution in [0.3, 0.4) is 0 Å². The maximum absolute atomic E-state index is 11.5. The fourth-order valence-electron chi connectivity index (χ4n) is 1.39. The lowest BCUT2D eigenvalue weighted by Crippen LogP contribution is -2.33. The first-order valence-corrected chi connectivity index (χ1v) is 5.40. The third-order valence-corrected chi connectivity index (χ3v) is 2.27. The second-order valence-corrected chi connectivity index (χ2v) is 3.61. The molecule has 0 unspecified atom stereocenters. The highest BCUT2D eigenvalue weighted by Crippen LogP contribution is 2.05. The van der Waals surface area contributed by atoms with Crippen molar-refractivity contribution < 1.29 is 14.8 Å². The molecule has 0 bridgehead atoms. The van der Waals surface area contributed by atoms with Crippen molar-refractivity contribution in [1.29, 1.82) is 0 Å².